The zero-order valence-electron chi connectivity index (χ0n) is 16.1. The first-order valence-electron chi connectivity index (χ1n) is 9.17. The van der Waals surface area contributed by atoms with Crippen LogP contribution in [0.4, 0.5) is 28.9 Å². The van der Waals surface area contributed by atoms with E-state index in [1.165, 1.54) is 30.3 Å². The Morgan fingerprint density at radius 2 is 1.81 bits per heavy atom. The smallest absolute Gasteiger partial charge is 0.372 e. The summed E-state index contributed by atoms with van der Waals surface area (Å²) >= 11 is 0. The van der Waals surface area contributed by atoms with E-state index in [2.05, 4.69) is 20.3 Å². The summed E-state index contributed by atoms with van der Waals surface area (Å²) in [6.45, 7) is 0. The van der Waals surface area contributed by atoms with E-state index in [-0.39, 0.29) is 22.3 Å². The van der Waals surface area contributed by atoms with Crippen LogP contribution in [0.25, 0.3) is 11.0 Å². The van der Waals surface area contributed by atoms with E-state index in [1.807, 2.05) is 0 Å². The molecule has 2 aromatic heterocycles. The van der Waals surface area contributed by atoms with Gasteiger partial charge in [-0.15, -0.1) is 0 Å². The maximum atomic E-state index is 14.2. The molecular weight excluding hydrogens is 430 g/mol. The van der Waals surface area contributed by atoms with Gasteiger partial charge >= 0.3 is 6.18 Å². The Morgan fingerprint density at radius 3 is 2.47 bits per heavy atom. The molecule has 2 aromatic carbocycles. The Hall–Kier alpha value is -3.99. The lowest BCUT2D eigenvalue weighted by Crippen LogP contribution is -2.43. The van der Waals surface area contributed by atoms with Crippen molar-refractivity contribution in [3.63, 3.8) is 0 Å². The number of aromatic amines is 2. The minimum absolute atomic E-state index is 0.0418. The zero-order valence-corrected chi connectivity index (χ0v) is 16.1. The van der Waals surface area contributed by atoms with Crippen molar-refractivity contribution in [2.45, 2.75) is 11.8 Å². The summed E-state index contributed by atoms with van der Waals surface area (Å²) < 4.78 is 55.8. The molecule has 5 N–H and O–H groups in total. The number of aromatic nitrogens is 3. The Kier molecular flexibility index (Phi) is 5.05. The predicted octanol–water partition coefficient (Wildman–Crippen LogP) is 3.93. The molecule has 0 saturated heterocycles. The normalized spacial score (nSPS) is 13.7. The number of anilines is 2. The molecule has 4 aromatic rings. The molecule has 4 rings (SSSR count). The minimum atomic E-state index is -5.18. The summed E-state index contributed by atoms with van der Waals surface area (Å²) in [5.74, 6) is -0.459. The van der Waals surface area contributed by atoms with Crippen molar-refractivity contribution in [3.05, 3.63) is 87.9 Å². The average Bonchev–Trinajstić information content (AvgIpc) is 3.20. The van der Waals surface area contributed by atoms with E-state index in [1.54, 1.807) is 0 Å². The maximum absolute atomic E-state index is 14.2. The Morgan fingerprint density at radius 1 is 1.09 bits per heavy atom. The van der Waals surface area contributed by atoms with Crippen LogP contribution in [0.1, 0.15) is 16.7 Å². The summed E-state index contributed by atoms with van der Waals surface area (Å²) in [5.41, 5.74) is -5.22. The number of H-pyrrole nitrogens is 2. The second-order valence-electron chi connectivity index (χ2n) is 6.94. The molecule has 0 bridgehead atoms. The van der Waals surface area contributed by atoms with Gasteiger partial charge in [0.15, 0.2) is 0 Å². The average molecular weight is 445 g/mol. The fraction of sp³-hybridized carbons (Fsp3) is 0.0952. The summed E-state index contributed by atoms with van der Waals surface area (Å²) in [5, 5.41) is 21.5. The van der Waals surface area contributed by atoms with Crippen molar-refractivity contribution < 1.29 is 22.7 Å². The quantitative estimate of drug-likeness (QED) is 0.236. The lowest BCUT2D eigenvalue weighted by Gasteiger charge is -2.31. The molecule has 0 fully saturated rings. The molecule has 0 aliphatic heterocycles. The number of halogens is 4. The second kappa shape index (κ2) is 7.61. The van der Waals surface area contributed by atoms with E-state index in [0.29, 0.717) is 5.69 Å². The van der Waals surface area contributed by atoms with Crippen LogP contribution in [-0.2, 0) is 5.60 Å². The number of nitrogens with zero attached hydrogens (tertiary/aromatic N) is 1. The number of fused-ring (bicyclic) bond motifs is 1. The number of benzene rings is 2. The van der Waals surface area contributed by atoms with E-state index in [0.717, 1.165) is 30.9 Å². The predicted molar refractivity (Wildman–Crippen MR) is 110 cm³/mol. The second-order valence-corrected chi connectivity index (χ2v) is 6.94. The van der Waals surface area contributed by atoms with Crippen molar-refractivity contribution >= 4 is 28.6 Å². The third-order valence-corrected chi connectivity index (χ3v) is 5.02. The largest absolute Gasteiger partial charge is 0.425 e. The molecule has 11 heteroatoms. The minimum Gasteiger partial charge on any atom is -0.372 e. The molecule has 0 aliphatic carbocycles. The molecule has 0 aliphatic rings. The Bertz CT molecular complexity index is 1360. The van der Waals surface area contributed by atoms with Gasteiger partial charge in [-0.3, -0.25) is 4.79 Å². The summed E-state index contributed by atoms with van der Waals surface area (Å²) in [7, 11) is 0. The molecule has 164 valence electrons. The number of hydrogen-bond acceptors (Lipinski definition) is 5. The molecule has 1 unspecified atom stereocenters. The molecule has 0 radical (unpaired) electrons. The van der Waals surface area contributed by atoms with E-state index < -0.39 is 34.3 Å². The summed E-state index contributed by atoms with van der Waals surface area (Å²) in [6, 6.07) is 8.60. The molecule has 0 saturated carbocycles. The maximum Gasteiger partial charge on any atom is 0.425 e. The van der Waals surface area contributed by atoms with Crippen LogP contribution in [0.3, 0.4) is 0 Å². The summed E-state index contributed by atoms with van der Waals surface area (Å²) in [6.07, 6.45) is -2.53. The van der Waals surface area contributed by atoms with Gasteiger partial charge in [-0.25, -0.2) is 9.37 Å². The SMILES string of the molecule is N=Cc1cc(C(O)(c2c[nH]c3c(=O)[nH]cnc23)C(F)(F)F)ccc1Nc1ccc(F)cc1. The molecule has 0 amide bonds. The highest BCUT2D eigenvalue weighted by Gasteiger charge is 2.57. The lowest BCUT2D eigenvalue weighted by atomic mass is 9.85. The highest BCUT2D eigenvalue weighted by Crippen LogP contribution is 2.46. The van der Waals surface area contributed by atoms with Crippen LogP contribution < -0.4 is 10.9 Å². The van der Waals surface area contributed by atoms with Crippen molar-refractivity contribution in [1.82, 2.24) is 15.0 Å². The third kappa shape index (κ3) is 3.42. The van der Waals surface area contributed by atoms with Gasteiger partial charge in [0, 0.05) is 34.9 Å². The van der Waals surface area contributed by atoms with Crippen LogP contribution in [0.5, 0.6) is 0 Å². The van der Waals surface area contributed by atoms with Crippen LogP contribution in [0.2, 0.25) is 0 Å². The first-order valence-corrected chi connectivity index (χ1v) is 9.17. The first kappa shape index (κ1) is 21.2. The van der Waals surface area contributed by atoms with Gasteiger partial charge in [-0.2, -0.15) is 13.2 Å². The first-order chi connectivity index (χ1) is 15.1. The topological polar surface area (TPSA) is 118 Å². The van der Waals surface area contributed by atoms with Crippen molar-refractivity contribution in [1.29, 1.82) is 5.41 Å². The molecule has 7 nitrogen and oxygen atoms in total. The van der Waals surface area contributed by atoms with Crippen LogP contribution >= 0.6 is 0 Å². The number of hydrogen-bond donors (Lipinski definition) is 5. The van der Waals surface area contributed by atoms with Crippen molar-refractivity contribution in [3.8, 4) is 0 Å². The van der Waals surface area contributed by atoms with E-state index in [9.17, 15) is 27.5 Å². The number of rotatable bonds is 5. The van der Waals surface area contributed by atoms with Gasteiger partial charge in [0.1, 0.15) is 16.9 Å². The van der Waals surface area contributed by atoms with Gasteiger partial charge < -0.3 is 25.8 Å². The lowest BCUT2D eigenvalue weighted by molar-refractivity contribution is -0.247. The van der Waals surface area contributed by atoms with Crippen molar-refractivity contribution in [2.75, 3.05) is 5.32 Å². The van der Waals surface area contributed by atoms with Gasteiger partial charge in [-0.05, 0) is 42.0 Å². The van der Waals surface area contributed by atoms with Gasteiger partial charge in [0.25, 0.3) is 5.56 Å². The van der Waals surface area contributed by atoms with Gasteiger partial charge in [0.2, 0.25) is 5.60 Å². The van der Waals surface area contributed by atoms with Crippen LogP contribution in [0.15, 0.2) is 59.8 Å². The monoisotopic (exact) mass is 445 g/mol. The summed E-state index contributed by atoms with van der Waals surface area (Å²) in [4.78, 5) is 20.4. The molecular formula is C21H15F4N5O2. The molecule has 1 atom stereocenters. The van der Waals surface area contributed by atoms with Crippen LogP contribution in [-0.4, -0.2) is 32.4 Å². The molecule has 32 heavy (non-hydrogen) atoms. The fourth-order valence-corrected chi connectivity index (χ4v) is 3.41. The van der Waals surface area contributed by atoms with E-state index in [4.69, 9.17) is 5.41 Å². The molecule has 0 spiro atoms. The van der Waals surface area contributed by atoms with Crippen LogP contribution in [0, 0.1) is 11.2 Å². The Labute approximate surface area is 177 Å². The highest BCUT2D eigenvalue weighted by molar-refractivity contribution is 5.88. The third-order valence-electron chi connectivity index (χ3n) is 5.02. The van der Waals surface area contributed by atoms with Crippen molar-refractivity contribution in [2.24, 2.45) is 0 Å². The number of nitrogens with one attached hydrogen (secondary N) is 4. The standard InChI is InChI=1S/C21H15F4N5O2/c22-13-2-4-14(5-3-13)30-16-6-1-12(7-11(16)8-26)20(32,21(23,24)25)15-9-27-18-17(15)28-10-29-19(18)31/h1-10,26-27,30,32H,(H,28,29,31). The van der Waals surface area contributed by atoms with Gasteiger partial charge in [-0.1, -0.05) is 6.07 Å². The zero-order chi connectivity index (χ0) is 23.1. The molecule has 2 heterocycles. The van der Waals surface area contributed by atoms with E-state index >= 15 is 0 Å². The Balaban J connectivity index is 1.85. The van der Waals surface area contributed by atoms with Gasteiger partial charge in [0.05, 0.1) is 6.33 Å². The highest BCUT2D eigenvalue weighted by atomic mass is 19.4. The number of aliphatic hydroxyl groups is 1. The fourth-order valence-electron chi connectivity index (χ4n) is 3.41. The number of alkyl halides is 3.